The molecule has 0 atom stereocenters. The number of fused-ring (bicyclic) bond motifs is 1. The minimum absolute atomic E-state index is 0.0937. The number of benzene rings is 1. The fourth-order valence-corrected chi connectivity index (χ4v) is 3.94. The summed E-state index contributed by atoms with van der Waals surface area (Å²) >= 11 is 0. The highest BCUT2D eigenvalue weighted by atomic mass is 32.2. The van der Waals surface area contributed by atoms with Crippen LogP contribution in [0.2, 0.25) is 0 Å². The third kappa shape index (κ3) is 1.92. The summed E-state index contributed by atoms with van der Waals surface area (Å²) in [5.74, 6) is -0.757. The van der Waals surface area contributed by atoms with E-state index < -0.39 is 21.2 Å². The number of carboxylic acid groups (broad SMARTS) is 1. The number of hydrogen-bond acceptors (Lipinski definition) is 4. The highest BCUT2D eigenvalue weighted by molar-refractivity contribution is 7.96. The molecule has 0 aromatic heterocycles. The Hall–Kier alpha value is -1.82. The second-order valence-corrected chi connectivity index (χ2v) is 6.73. The summed E-state index contributed by atoms with van der Waals surface area (Å²) < 4.78 is 29.8. The fraction of sp³-hybridized carbons (Fsp3) is 0.308. The molecule has 0 spiro atoms. The van der Waals surface area contributed by atoms with Crippen LogP contribution in [0.4, 0.5) is 0 Å². The van der Waals surface area contributed by atoms with Crippen molar-refractivity contribution in [2.75, 3.05) is 7.11 Å². The zero-order chi connectivity index (χ0) is 14.4. The van der Waals surface area contributed by atoms with Crippen LogP contribution >= 0.6 is 0 Å². The molecule has 102 valence electrons. The Bertz CT molecular complexity index is 683. The van der Waals surface area contributed by atoms with E-state index in [1.807, 2.05) is 0 Å². The molecule has 0 fully saturated rings. The first-order valence-electron chi connectivity index (χ1n) is 5.60. The number of carbonyl (C=O) groups is 1. The highest BCUT2D eigenvalue weighted by Crippen LogP contribution is 2.43. The van der Waals surface area contributed by atoms with E-state index in [1.165, 1.54) is 33.1 Å². The van der Waals surface area contributed by atoms with Crippen molar-refractivity contribution < 1.29 is 23.1 Å². The number of carboxylic acids is 1. The predicted molar refractivity (Wildman–Crippen MR) is 69.6 cm³/mol. The van der Waals surface area contributed by atoms with E-state index in [-0.39, 0.29) is 9.80 Å². The summed E-state index contributed by atoms with van der Waals surface area (Å²) in [6.07, 6.45) is 1.41. The van der Waals surface area contributed by atoms with Gasteiger partial charge >= 0.3 is 5.97 Å². The van der Waals surface area contributed by atoms with E-state index in [0.29, 0.717) is 11.3 Å². The molecule has 19 heavy (non-hydrogen) atoms. The number of sulfone groups is 1. The number of aliphatic carboxylic acids is 1. The van der Waals surface area contributed by atoms with Crippen molar-refractivity contribution >= 4 is 21.9 Å². The average Bonchev–Trinajstić information content (AvgIpc) is 2.61. The van der Waals surface area contributed by atoms with Gasteiger partial charge in [-0.3, -0.25) is 4.79 Å². The lowest BCUT2D eigenvalue weighted by atomic mass is 9.92. The second kappa shape index (κ2) is 4.09. The standard InChI is InChI=1S/C13H14O5S/c1-13(2,12(14)15)11-6-8-4-5-9(18-3)7-10(8)19(11,16)17/h4-7H,1-3H3,(H,14,15). The van der Waals surface area contributed by atoms with Gasteiger partial charge in [0.2, 0.25) is 9.84 Å². The summed E-state index contributed by atoms with van der Waals surface area (Å²) in [7, 11) is -2.34. The first-order valence-corrected chi connectivity index (χ1v) is 7.08. The van der Waals surface area contributed by atoms with Crippen molar-refractivity contribution in [1.29, 1.82) is 0 Å². The van der Waals surface area contributed by atoms with Crippen molar-refractivity contribution in [2.45, 2.75) is 18.7 Å². The third-order valence-corrected chi connectivity index (χ3v) is 5.38. The van der Waals surface area contributed by atoms with Crippen molar-refractivity contribution in [3.63, 3.8) is 0 Å². The van der Waals surface area contributed by atoms with E-state index in [0.717, 1.165) is 0 Å². The fourth-order valence-electron chi connectivity index (χ4n) is 1.95. The zero-order valence-corrected chi connectivity index (χ0v) is 11.6. The number of rotatable bonds is 3. The molecule has 1 aliphatic heterocycles. The maximum Gasteiger partial charge on any atom is 0.314 e. The van der Waals surface area contributed by atoms with Crippen molar-refractivity contribution in [1.82, 2.24) is 0 Å². The lowest BCUT2D eigenvalue weighted by molar-refractivity contribution is -0.144. The SMILES string of the molecule is COc1ccc2c(c1)S(=O)(=O)C(C(C)(C)C(=O)O)=C2. The van der Waals surface area contributed by atoms with E-state index >= 15 is 0 Å². The van der Waals surface area contributed by atoms with Crippen LogP contribution in [0, 0.1) is 5.41 Å². The van der Waals surface area contributed by atoms with E-state index in [9.17, 15) is 18.3 Å². The number of hydrogen-bond donors (Lipinski definition) is 1. The van der Waals surface area contributed by atoms with Gasteiger partial charge in [-0.15, -0.1) is 0 Å². The van der Waals surface area contributed by atoms with Gasteiger partial charge in [0.25, 0.3) is 0 Å². The van der Waals surface area contributed by atoms with Gasteiger partial charge in [0.05, 0.1) is 22.3 Å². The lowest BCUT2D eigenvalue weighted by Crippen LogP contribution is -2.28. The highest BCUT2D eigenvalue weighted by Gasteiger charge is 2.44. The Morgan fingerprint density at radius 3 is 2.47 bits per heavy atom. The topological polar surface area (TPSA) is 80.7 Å². The van der Waals surface area contributed by atoms with Crippen LogP contribution < -0.4 is 4.74 Å². The molecule has 1 aromatic rings. The first-order chi connectivity index (χ1) is 8.71. The van der Waals surface area contributed by atoms with Crippen molar-refractivity contribution in [3.05, 3.63) is 28.7 Å². The van der Waals surface area contributed by atoms with Gasteiger partial charge in [-0.05, 0) is 43.7 Å². The van der Waals surface area contributed by atoms with Gasteiger partial charge in [0.15, 0.2) is 0 Å². The van der Waals surface area contributed by atoms with E-state index in [1.54, 1.807) is 12.1 Å². The predicted octanol–water partition coefficient (Wildman–Crippen LogP) is 1.93. The molecule has 1 aliphatic rings. The second-order valence-electron chi connectivity index (χ2n) is 4.85. The normalized spacial score (nSPS) is 16.7. The zero-order valence-electron chi connectivity index (χ0n) is 10.8. The van der Waals surface area contributed by atoms with E-state index in [2.05, 4.69) is 0 Å². The Balaban J connectivity index is 2.64. The quantitative estimate of drug-likeness (QED) is 0.916. The first kappa shape index (κ1) is 13.6. The van der Waals surface area contributed by atoms with Gasteiger partial charge in [0.1, 0.15) is 5.75 Å². The molecule has 0 aliphatic carbocycles. The van der Waals surface area contributed by atoms with Crippen molar-refractivity contribution in [3.8, 4) is 5.75 Å². The average molecular weight is 282 g/mol. The Labute approximate surface area is 111 Å². The van der Waals surface area contributed by atoms with Crippen LogP contribution in [0.3, 0.4) is 0 Å². The summed E-state index contributed by atoms with van der Waals surface area (Å²) in [6, 6.07) is 4.66. The molecule has 1 N–H and O–H groups in total. The maximum absolute atomic E-state index is 12.4. The van der Waals surface area contributed by atoms with Gasteiger partial charge in [-0.2, -0.15) is 0 Å². The summed E-state index contributed by atoms with van der Waals surface area (Å²) in [5, 5.41) is 9.18. The largest absolute Gasteiger partial charge is 0.497 e. The van der Waals surface area contributed by atoms with Crippen LogP contribution in [-0.4, -0.2) is 26.6 Å². The van der Waals surface area contributed by atoms with Crippen LogP contribution in [0.1, 0.15) is 19.4 Å². The van der Waals surface area contributed by atoms with Gasteiger partial charge in [-0.1, -0.05) is 0 Å². The minimum Gasteiger partial charge on any atom is -0.497 e. The minimum atomic E-state index is -3.78. The molecule has 0 bridgehead atoms. The summed E-state index contributed by atoms with van der Waals surface area (Å²) in [6.45, 7) is 2.75. The van der Waals surface area contributed by atoms with Crippen LogP contribution in [-0.2, 0) is 14.6 Å². The molecule has 0 unspecified atom stereocenters. The Morgan fingerprint density at radius 2 is 1.95 bits per heavy atom. The molecular weight excluding hydrogens is 268 g/mol. The molecule has 0 amide bonds. The van der Waals surface area contributed by atoms with Gasteiger partial charge in [-0.25, -0.2) is 8.42 Å². The van der Waals surface area contributed by atoms with Gasteiger partial charge in [0, 0.05) is 0 Å². The molecule has 1 aromatic carbocycles. The molecule has 0 radical (unpaired) electrons. The molecule has 2 rings (SSSR count). The van der Waals surface area contributed by atoms with Crippen LogP contribution in [0.25, 0.3) is 6.08 Å². The number of ether oxygens (including phenoxy) is 1. The third-order valence-electron chi connectivity index (χ3n) is 3.24. The molecule has 6 heteroatoms. The van der Waals surface area contributed by atoms with Crippen LogP contribution in [0.5, 0.6) is 5.75 Å². The molecule has 1 heterocycles. The van der Waals surface area contributed by atoms with E-state index in [4.69, 9.17) is 4.74 Å². The van der Waals surface area contributed by atoms with Gasteiger partial charge < -0.3 is 9.84 Å². The van der Waals surface area contributed by atoms with Crippen LogP contribution in [0.15, 0.2) is 28.0 Å². The Morgan fingerprint density at radius 1 is 1.32 bits per heavy atom. The smallest absolute Gasteiger partial charge is 0.314 e. The molecular formula is C13H14O5S. The number of methoxy groups -OCH3 is 1. The summed E-state index contributed by atoms with van der Waals surface area (Å²) in [5.41, 5.74) is -0.976. The molecule has 0 saturated heterocycles. The maximum atomic E-state index is 12.4. The monoisotopic (exact) mass is 282 g/mol. The summed E-state index contributed by atoms with van der Waals surface area (Å²) in [4.78, 5) is 11.2. The van der Waals surface area contributed by atoms with Crippen molar-refractivity contribution in [2.24, 2.45) is 5.41 Å². The lowest BCUT2D eigenvalue weighted by Gasteiger charge is -2.20. The molecule has 0 saturated carbocycles. The molecule has 5 nitrogen and oxygen atoms in total. The Kier molecular flexibility index (Phi) is 2.93.